The van der Waals surface area contributed by atoms with E-state index in [1.54, 1.807) is 12.3 Å². The van der Waals surface area contributed by atoms with E-state index in [-0.39, 0.29) is 17.8 Å². The predicted molar refractivity (Wildman–Crippen MR) is 124 cm³/mol. The first-order valence-corrected chi connectivity index (χ1v) is 11.4. The predicted octanol–water partition coefficient (Wildman–Crippen LogP) is 2.68. The van der Waals surface area contributed by atoms with Crippen molar-refractivity contribution < 1.29 is 9.18 Å². The topological polar surface area (TPSA) is 72.9 Å². The Balaban J connectivity index is 1.32. The van der Waals surface area contributed by atoms with Crippen molar-refractivity contribution in [1.82, 2.24) is 20.5 Å². The molecule has 1 aromatic carbocycles. The number of aliphatic imine (C=N–C) groups is 1. The molecule has 1 unspecified atom stereocenters. The van der Waals surface area contributed by atoms with Gasteiger partial charge in [-0.2, -0.15) is 0 Å². The number of nitrogens with zero attached hydrogens (tertiary/aromatic N) is 4. The van der Waals surface area contributed by atoms with E-state index in [2.05, 4.69) is 39.9 Å². The summed E-state index contributed by atoms with van der Waals surface area (Å²) in [4.78, 5) is 24.6. The molecule has 2 aliphatic heterocycles. The lowest BCUT2D eigenvalue weighted by Gasteiger charge is -2.20. The molecule has 4 rings (SSSR count). The quantitative estimate of drug-likeness (QED) is 0.514. The smallest absolute Gasteiger partial charge is 0.222 e. The Morgan fingerprint density at radius 2 is 2.03 bits per heavy atom. The lowest BCUT2D eigenvalue weighted by molar-refractivity contribution is -0.128. The van der Waals surface area contributed by atoms with E-state index in [9.17, 15) is 9.18 Å². The van der Waals surface area contributed by atoms with Gasteiger partial charge in [0.25, 0.3) is 0 Å². The van der Waals surface area contributed by atoms with Crippen LogP contribution < -0.4 is 15.5 Å². The van der Waals surface area contributed by atoms with Gasteiger partial charge < -0.3 is 20.4 Å². The molecule has 0 bridgehead atoms. The van der Waals surface area contributed by atoms with E-state index in [1.165, 1.54) is 6.07 Å². The van der Waals surface area contributed by atoms with Crippen molar-refractivity contribution in [2.75, 3.05) is 31.1 Å². The molecule has 3 heterocycles. The van der Waals surface area contributed by atoms with Crippen LogP contribution in [0.3, 0.4) is 0 Å². The first-order chi connectivity index (χ1) is 15.6. The van der Waals surface area contributed by atoms with Crippen LogP contribution in [0.2, 0.25) is 0 Å². The molecular weight excluding hydrogens is 407 g/mol. The SMILES string of the molecule is CCNC(=NCc1ccc(CN2CCCC2=O)cc1)NC1CCN(c2ncccc2F)C1. The van der Waals surface area contributed by atoms with Crippen LogP contribution in [0.5, 0.6) is 0 Å². The summed E-state index contributed by atoms with van der Waals surface area (Å²) in [6.07, 6.45) is 4.15. The molecule has 2 N–H and O–H groups in total. The van der Waals surface area contributed by atoms with Crippen molar-refractivity contribution in [3.63, 3.8) is 0 Å². The largest absolute Gasteiger partial charge is 0.357 e. The highest BCUT2D eigenvalue weighted by molar-refractivity contribution is 5.80. The van der Waals surface area contributed by atoms with Gasteiger partial charge in [0.05, 0.1) is 6.54 Å². The summed E-state index contributed by atoms with van der Waals surface area (Å²) in [7, 11) is 0. The minimum atomic E-state index is -0.286. The number of halogens is 1. The number of aromatic nitrogens is 1. The van der Waals surface area contributed by atoms with Gasteiger partial charge in [0.15, 0.2) is 17.6 Å². The van der Waals surface area contributed by atoms with Crippen LogP contribution in [0.1, 0.15) is 37.3 Å². The molecule has 0 saturated carbocycles. The summed E-state index contributed by atoms with van der Waals surface area (Å²) in [5, 5.41) is 6.77. The summed E-state index contributed by atoms with van der Waals surface area (Å²) in [5.74, 6) is 1.13. The second kappa shape index (κ2) is 10.4. The van der Waals surface area contributed by atoms with Gasteiger partial charge in [0, 0.05) is 51.4 Å². The second-order valence-electron chi connectivity index (χ2n) is 8.32. The number of anilines is 1. The maximum Gasteiger partial charge on any atom is 0.222 e. The van der Waals surface area contributed by atoms with Crippen LogP contribution in [-0.2, 0) is 17.9 Å². The van der Waals surface area contributed by atoms with Crippen molar-refractivity contribution in [2.45, 2.75) is 45.3 Å². The van der Waals surface area contributed by atoms with Crippen LogP contribution in [-0.4, -0.2) is 54.0 Å². The Morgan fingerprint density at radius 3 is 2.75 bits per heavy atom. The highest BCUT2D eigenvalue weighted by Gasteiger charge is 2.26. The third kappa shape index (κ3) is 5.55. The Hall–Kier alpha value is -3.16. The number of carbonyl (C=O) groups excluding carboxylic acids is 1. The lowest BCUT2D eigenvalue weighted by atomic mass is 10.1. The van der Waals surface area contributed by atoms with Gasteiger partial charge in [0.1, 0.15) is 0 Å². The second-order valence-corrected chi connectivity index (χ2v) is 8.32. The number of rotatable bonds is 7. The van der Waals surface area contributed by atoms with E-state index >= 15 is 0 Å². The molecule has 170 valence electrons. The fourth-order valence-electron chi connectivity index (χ4n) is 4.21. The van der Waals surface area contributed by atoms with Crippen LogP contribution in [0.15, 0.2) is 47.6 Å². The summed E-state index contributed by atoms with van der Waals surface area (Å²) in [6, 6.07) is 11.5. The molecule has 32 heavy (non-hydrogen) atoms. The Kier molecular flexibility index (Phi) is 7.19. The summed E-state index contributed by atoms with van der Waals surface area (Å²) >= 11 is 0. The molecule has 1 aromatic heterocycles. The third-order valence-electron chi connectivity index (χ3n) is 5.90. The van der Waals surface area contributed by atoms with E-state index < -0.39 is 0 Å². The number of carbonyl (C=O) groups is 1. The fourth-order valence-corrected chi connectivity index (χ4v) is 4.21. The van der Waals surface area contributed by atoms with Crippen molar-refractivity contribution in [1.29, 1.82) is 0 Å². The molecule has 7 nitrogen and oxygen atoms in total. The molecule has 2 fully saturated rings. The highest BCUT2D eigenvalue weighted by Crippen LogP contribution is 2.21. The maximum atomic E-state index is 14.0. The number of guanidine groups is 1. The minimum Gasteiger partial charge on any atom is -0.357 e. The number of benzene rings is 1. The Bertz CT molecular complexity index is 948. The molecule has 0 aliphatic carbocycles. The van der Waals surface area contributed by atoms with Gasteiger partial charge >= 0.3 is 0 Å². The summed E-state index contributed by atoms with van der Waals surface area (Å²) in [5.41, 5.74) is 2.26. The number of hydrogen-bond acceptors (Lipinski definition) is 4. The summed E-state index contributed by atoms with van der Waals surface area (Å²) in [6.45, 7) is 6.34. The van der Waals surface area contributed by atoms with Crippen molar-refractivity contribution in [2.24, 2.45) is 4.99 Å². The van der Waals surface area contributed by atoms with Gasteiger partial charge in [-0.3, -0.25) is 4.79 Å². The Morgan fingerprint density at radius 1 is 1.22 bits per heavy atom. The van der Waals surface area contributed by atoms with Crippen LogP contribution in [0.25, 0.3) is 0 Å². The molecule has 0 radical (unpaired) electrons. The number of pyridine rings is 1. The van der Waals surface area contributed by atoms with Crippen LogP contribution >= 0.6 is 0 Å². The zero-order chi connectivity index (χ0) is 22.3. The van der Waals surface area contributed by atoms with Gasteiger partial charge in [-0.1, -0.05) is 24.3 Å². The van der Waals surface area contributed by atoms with Crippen molar-refractivity contribution >= 4 is 17.7 Å². The van der Waals surface area contributed by atoms with E-state index in [0.717, 1.165) is 49.6 Å². The molecule has 0 spiro atoms. The van der Waals surface area contributed by atoms with E-state index in [4.69, 9.17) is 4.99 Å². The minimum absolute atomic E-state index is 0.176. The zero-order valence-electron chi connectivity index (χ0n) is 18.6. The molecular formula is C24H31FN6O. The average Bonchev–Trinajstić information content (AvgIpc) is 3.42. The number of likely N-dealkylation sites (tertiary alicyclic amines) is 1. The monoisotopic (exact) mass is 438 g/mol. The standard InChI is InChI=1S/C24H31FN6O/c1-2-26-24(29-20-11-14-31(17-20)23-21(25)5-3-12-27-23)28-15-18-7-9-19(10-8-18)16-30-13-4-6-22(30)32/h3,5,7-10,12,20H,2,4,6,11,13-17H2,1H3,(H2,26,28,29). The fraction of sp³-hybridized carbons (Fsp3) is 0.458. The molecule has 8 heteroatoms. The first-order valence-electron chi connectivity index (χ1n) is 11.4. The number of amides is 1. The highest BCUT2D eigenvalue weighted by atomic mass is 19.1. The third-order valence-corrected chi connectivity index (χ3v) is 5.90. The van der Waals surface area contributed by atoms with Gasteiger partial charge in [-0.25, -0.2) is 14.4 Å². The average molecular weight is 439 g/mol. The van der Waals surface area contributed by atoms with Gasteiger partial charge in [-0.05, 0) is 43.0 Å². The number of hydrogen-bond donors (Lipinski definition) is 2. The molecule has 2 aliphatic rings. The first kappa shape index (κ1) is 22.0. The maximum absolute atomic E-state index is 14.0. The molecule has 1 amide bonds. The lowest BCUT2D eigenvalue weighted by Crippen LogP contribution is -2.44. The Labute approximate surface area is 188 Å². The molecule has 2 aromatic rings. The van der Waals surface area contributed by atoms with Crippen molar-refractivity contribution in [3.8, 4) is 0 Å². The van der Waals surface area contributed by atoms with E-state index in [0.29, 0.717) is 31.9 Å². The molecule has 2 saturated heterocycles. The van der Waals surface area contributed by atoms with Gasteiger partial charge in [-0.15, -0.1) is 0 Å². The van der Waals surface area contributed by atoms with Crippen LogP contribution in [0, 0.1) is 5.82 Å². The summed E-state index contributed by atoms with van der Waals surface area (Å²) < 4.78 is 14.0. The van der Waals surface area contributed by atoms with Gasteiger partial charge in [0.2, 0.25) is 5.91 Å². The number of nitrogens with one attached hydrogen (secondary N) is 2. The van der Waals surface area contributed by atoms with Crippen molar-refractivity contribution in [3.05, 3.63) is 59.5 Å². The zero-order valence-corrected chi connectivity index (χ0v) is 18.6. The molecule has 1 atom stereocenters. The van der Waals surface area contributed by atoms with Crippen LogP contribution in [0.4, 0.5) is 10.2 Å². The normalized spacial score (nSPS) is 19.0. The van der Waals surface area contributed by atoms with E-state index in [1.807, 2.05) is 16.7 Å².